The third kappa shape index (κ3) is 3.00. The lowest BCUT2D eigenvalue weighted by molar-refractivity contribution is 0.1000. The number of pyridine rings is 1. The quantitative estimate of drug-likeness (QED) is 0.770. The standard InChI is InChI=1S/C17H15N3O/c18-17(21)14-4-1-3-12(9-14)11-20-15-6-7-16-13(10-15)5-2-8-19-16/h1-10,20H,11H2,(H2,18,21). The van der Waals surface area contributed by atoms with Crippen LogP contribution < -0.4 is 11.1 Å². The van der Waals surface area contributed by atoms with E-state index in [2.05, 4.69) is 16.4 Å². The van der Waals surface area contributed by atoms with E-state index in [1.807, 2.05) is 36.4 Å². The summed E-state index contributed by atoms with van der Waals surface area (Å²) in [5.74, 6) is -0.409. The van der Waals surface area contributed by atoms with E-state index in [9.17, 15) is 4.79 Å². The smallest absolute Gasteiger partial charge is 0.248 e. The molecule has 0 aliphatic rings. The molecule has 3 rings (SSSR count). The van der Waals surface area contributed by atoms with Crippen LogP contribution >= 0.6 is 0 Å². The lowest BCUT2D eigenvalue weighted by atomic mass is 10.1. The molecule has 0 saturated heterocycles. The van der Waals surface area contributed by atoms with E-state index in [4.69, 9.17) is 5.73 Å². The summed E-state index contributed by atoms with van der Waals surface area (Å²) in [6.45, 7) is 0.632. The minimum absolute atomic E-state index is 0.409. The van der Waals surface area contributed by atoms with Gasteiger partial charge in [0.05, 0.1) is 5.52 Å². The van der Waals surface area contributed by atoms with E-state index in [0.29, 0.717) is 12.1 Å². The van der Waals surface area contributed by atoms with E-state index in [1.54, 1.807) is 18.3 Å². The number of carbonyl (C=O) groups excluding carboxylic acids is 1. The highest BCUT2D eigenvalue weighted by molar-refractivity contribution is 5.92. The zero-order chi connectivity index (χ0) is 14.7. The maximum absolute atomic E-state index is 11.2. The average molecular weight is 277 g/mol. The number of hydrogen-bond acceptors (Lipinski definition) is 3. The number of aromatic nitrogens is 1. The molecule has 0 spiro atoms. The lowest BCUT2D eigenvalue weighted by Gasteiger charge is -2.08. The molecule has 3 N–H and O–H groups in total. The van der Waals surface area contributed by atoms with Crippen LogP contribution in [0, 0.1) is 0 Å². The number of nitrogens with two attached hydrogens (primary N) is 1. The molecule has 21 heavy (non-hydrogen) atoms. The van der Waals surface area contributed by atoms with Crippen LogP contribution in [0.1, 0.15) is 15.9 Å². The van der Waals surface area contributed by atoms with Crippen LogP contribution in [0.25, 0.3) is 10.9 Å². The number of benzene rings is 2. The Kier molecular flexibility index (Phi) is 3.51. The summed E-state index contributed by atoms with van der Waals surface area (Å²) in [6.07, 6.45) is 1.78. The van der Waals surface area contributed by atoms with Gasteiger partial charge in [-0.15, -0.1) is 0 Å². The van der Waals surface area contributed by atoms with Gasteiger partial charge in [0.1, 0.15) is 0 Å². The molecule has 0 unspecified atom stereocenters. The highest BCUT2D eigenvalue weighted by atomic mass is 16.1. The molecule has 0 radical (unpaired) electrons. The molecule has 0 aliphatic heterocycles. The maximum Gasteiger partial charge on any atom is 0.248 e. The summed E-state index contributed by atoms with van der Waals surface area (Å²) in [4.78, 5) is 15.5. The topological polar surface area (TPSA) is 68.0 Å². The number of carbonyl (C=O) groups is 1. The summed E-state index contributed by atoms with van der Waals surface area (Å²) >= 11 is 0. The van der Waals surface area contributed by atoms with Crippen LogP contribution in [0.2, 0.25) is 0 Å². The number of nitrogens with one attached hydrogen (secondary N) is 1. The molecular formula is C17H15N3O. The van der Waals surface area contributed by atoms with Crippen molar-refractivity contribution in [1.82, 2.24) is 4.98 Å². The molecule has 3 aromatic rings. The highest BCUT2D eigenvalue weighted by Gasteiger charge is 2.02. The van der Waals surface area contributed by atoms with E-state index in [1.165, 1.54) is 0 Å². The first kappa shape index (κ1) is 13.1. The lowest BCUT2D eigenvalue weighted by Crippen LogP contribution is -2.11. The van der Waals surface area contributed by atoms with Gasteiger partial charge in [-0.05, 0) is 42.0 Å². The van der Waals surface area contributed by atoms with Crippen LogP contribution in [0.15, 0.2) is 60.8 Å². The molecule has 1 heterocycles. The van der Waals surface area contributed by atoms with Crippen molar-refractivity contribution in [1.29, 1.82) is 0 Å². The zero-order valence-electron chi connectivity index (χ0n) is 11.4. The molecule has 1 aromatic heterocycles. The monoisotopic (exact) mass is 277 g/mol. The fourth-order valence-corrected chi connectivity index (χ4v) is 2.22. The van der Waals surface area contributed by atoms with Gasteiger partial charge in [-0.2, -0.15) is 0 Å². The second-order valence-electron chi connectivity index (χ2n) is 4.83. The number of rotatable bonds is 4. The fraction of sp³-hybridized carbons (Fsp3) is 0.0588. The van der Waals surface area contributed by atoms with E-state index in [0.717, 1.165) is 22.2 Å². The molecule has 0 aliphatic carbocycles. The number of anilines is 1. The predicted molar refractivity (Wildman–Crippen MR) is 84.0 cm³/mol. The van der Waals surface area contributed by atoms with Gasteiger partial charge in [0, 0.05) is 29.4 Å². The normalized spacial score (nSPS) is 10.5. The van der Waals surface area contributed by atoms with Crippen molar-refractivity contribution in [3.8, 4) is 0 Å². The van der Waals surface area contributed by atoms with Crippen molar-refractivity contribution in [3.05, 3.63) is 71.9 Å². The zero-order valence-corrected chi connectivity index (χ0v) is 11.4. The Labute approximate surface area is 122 Å². The average Bonchev–Trinajstić information content (AvgIpc) is 2.53. The minimum atomic E-state index is -0.409. The van der Waals surface area contributed by atoms with Crippen molar-refractivity contribution in [2.75, 3.05) is 5.32 Å². The van der Waals surface area contributed by atoms with Crippen molar-refractivity contribution in [2.24, 2.45) is 5.73 Å². The Morgan fingerprint density at radius 3 is 2.86 bits per heavy atom. The predicted octanol–water partition coefficient (Wildman–Crippen LogP) is 2.95. The van der Waals surface area contributed by atoms with Crippen molar-refractivity contribution in [2.45, 2.75) is 6.54 Å². The Morgan fingerprint density at radius 2 is 2.00 bits per heavy atom. The fourth-order valence-electron chi connectivity index (χ4n) is 2.22. The molecule has 0 atom stereocenters. The number of nitrogens with zero attached hydrogens (tertiary/aromatic N) is 1. The second kappa shape index (κ2) is 5.63. The van der Waals surface area contributed by atoms with E-state index >= 15 is 0 Å². The van der Waals surface area contributed by atoms with Gasteiger partial charge < -0.3 is 11.1 Å². The number of fused-ring (bicyclic) bond motifs is 1. The summed E-state index contributed by atoms with van der Waals surface area (Å²) in [5.41, 5.74) is 8.81. The van der Waals surface area contributed by atoms with Crippen LogP contribution in [0.4, 0.5) is 5.69 Å². The van der Waals surface area contributed by atoms with Crippen molar-refractivity contribution in [3.63, 3.8) is 0 Å². The Hall–Kier alpha value is -2.88. The van der Waals surface area contributed by atoms with E-state index in [-0.39, 0.29) is 0 Å². The van der Waals surface area contributed by atoms with Crippen LogP contribution in [-0.2, 0) is 6.54 Å². The van der Waals surface area contributed by atoms with E-state index < -0.39 is 5.91 Å². The molecule has 0 saturated carbocycles. The molecule has 4 heteroatoms. The van der Waals surface area contributed by atoms with Crippen LogP contribution in [0.3, 0.4) is 0 Å². The SMILES string of the molecule is NC(=O)c1cccc(CNc2ccc3ncccc3c2)c1. The van der Waals surface area contributed by atoms with Gasteiger partial charge in [-0.25, -0.2) is 0 Å². The maximum atomic E-state index is 11.2. The molecule has 1 amide bonds. The molecule has 4 nitrogen and oxygen atoms in total. The van der Waals surface area contributed by atoms with Crippen molar-refractivity contribution >= 4 is 22.5 Å². The second-order valence-corrected chi connectivity index (χ2v) is 4.83. The summed E-state index contributed by atoms with van der Waals surface area (Å²) in [7, 11) is 0. The van der Waals surface area contributed by atoms with Crippen LogP contribution in [0.5, 0.6) is 0 Å². The molecule has 2 aromatic carbocycles. The molecule has 104 valence electrons. The molecule has 0 bridgehead atoms. The first-order valence-corrected chi connectivity index (χ1v) is 6.70. The summed E-state index contributed by atoms with van der Waals surface area (Å²) in [5, 5.41) is 4.43. The van der Waals surface area contributed by atoms with Gasteiger partial charge >= 0.3 is 0 Å². The highest BCUT2D eigenvalue weighted by Crippen LogP contribution is 2.17. The third-order valence-corrected chi connectivity index (χ3v) is 3.31. The summed E-state index contributed by atoms with van der Waals surface area (Å²) in [6, 6.07) is 17.3. The first-order chi connectivity index (χ1) is 10.2. The van der Waals surface area contributed by atoms with Crippen molar-refractivity contribution < 1.29 is 4.79 Å². The van der Waals surface area contributed by atoms with Crippen LogP contribution in [-0.4, -0.2) is 10.9 Å². The number of amides is 1. The largest absolute Gasteiger partial charge is 0.381 e. The first-order valence-electron chi connectivity index (χ1n) is 6.70. The number of hydrogen-bond donors (Lipinski definition) is 2. The van der Waals surface area contributed by atoms with Gasteiger partial charge in [0.15, 0.2) is 0 Å². The minimum Gasteiger partial charge on any atom is -0.381 e. The Morgan fingerprint density at radius 1 is 1.10 bits per heavy atom. The summed E-state index contributed by atoms with van der Waals surface area (Å²) < 4.78 is 0. The van der Waals surface area contributed by atoms with Gasteiger partial charge in [0.2, 0.25) is 5.91 Å². The van der Waals surface area contributed by atoms with Gasteiger partial charge in [-0.1, -0.05) is 18.2 Å². The Balaban J connectivity index is 1.77. The molecule has 0 fully saturated rings. The van der Waals surface area contributed by atoms with Gasteiger partial charge in [-0.3, -0.25) is 9.78 Å². The third-order valence-electron chi connectivity index (χ3n) is 3.31. The molecular weight excluding hydrogens is 262 g/mol. The number of primary amides is 1. The Bertz CT molecular complexity index is 799. The van der Waals surface area contributed by atoms with Gasteiger partial charge in [0.25, 0.3) is 0 Å².